The topological polar surface area (TPSA) is 44.8 Å². The quantitative estimate of drug-likeness (QED) is 0.547. The Hall–Kier alpha value is -0.870. The third kappa shape index (κ3) is 3.94. The van der Waals surface area contributed by atoms with Crippen molar-refractivity contribution in [3.05, 3.63) is 11.1 Å². The van der Waals surface area contributed by atoms with E-state index in [0.29, 0.717) is 24.7 Å². The van der Waals surface area contributed by atoms with E-state index in [1.807, 2.05) is 6.92 Å². The number of carbonyl (C=O) groups excluding carboxylic acids is 1. The Labute approximate surface area is 96.6 Å². The minimum Gasteiger partial charge on any atom is -0.407 e. The molecule has 1 aliphatic heterocycles. The Bertz CT molecular complexity index is 275. The lowest BCUT2D eigenvalue weighted by molar-refractivity contribution is -0.223. The van der Waals surface area contributed by atoms with E-state index in [1.165, 1.54) is 0 Å². The largest absolute Gasteiger partial charge is 0.407 e. The Kier molecular flexibility index (Phi) is 4.96. The van der Waals surface area contributed by atoms with E-state index < -0.39 is 6.48 Å². The first-order valence-electron chi connectivity index (χ1n) is 5.61. The van der Waals surface area contributed by atoms with Crippen molar-refractivity contribution >= 4 is 5.97 Å². The molecule has 1 heterocycles. The summed E-state index contributed by atoms with van der Waals surface area (Å²) in [5, 5.41) is 0. The average Bonchev–Trinajstić information content (AvgIpc) is 2.68. The molecule has 0 N–H and O–H groups in total. The SMILES string of the molecule is C/C(CC(C)C)=C(/C)C(=O)OC1OCCO1. The maximum atomic E-state index is 11.7. The van der Waals surface area contributed by atoms with E-state index >= 15 is 0 Å². The summed E-state index contributed by atoms with van der Waals surface area (Å²) >= 11 is 0. The molecule has 1 saturated heterocycles. The van der Waals surface area contributed by atoms with Crippen molar-refractivity contribution in [1.29, 1.82) is 0 Å². The Morgan fingerprint density at radius 1 is 1.31 bits per heavy atom. The first kappa shape index (κ1) is 13.2. The van der Waals surface area contributed by atoms with Gasteiger partial charge in [-0.05, 0) is 26.2 Å². The first-order valence-corrected chi connectivity index (χ1v) is 5.61. The van der Waals surface area contributed by atoms with Gasteiger partial charge < -0.3 is 14.2 Å². The summed E-state index contributed by atoms with van der Waals surface area (Å²) in [6.07, 6.45) is 0.896. The molecule has 0 saturated carbocycles. The van der Waals surface area contributed by atoms with E-state index in [2.05, 4.69) is 13.8 Å². The van der Waals surface area contributed by atoms with Crippen LogP contribution in [0, 0.1) is 5.92 Å². The third-order valence-electron chi connectivity index (χ3n) is 2.46. The highest BCUT2D eigenvalue weighted by Gasteiger charge is 2.22. The number of hydrogen-bond donors (Lipinski definition) is 0. The lowest BCUT2D eigenvalue weighted by Crippen LogP contribution is -2.19. The molecule has 0 aromatic carbocycles. The van der Waals surface area contributed by atoms with Crippen LogP contribution in [0.4, 0.5) is 0 Å². The van der Waals surface area contributed by atoms with Gasteiger partial charge in [0, 0.05) is 5.57 Å². The molecule has 0 radical (unpaired) electrons. The molecule has 0 amide bonds. The second-order valence-corrected chi connectivity index (χ2v) is 4.44. The predicted octanol–water partition coefficient (Wildman–Crippen LogP) is 2.24. The Morgan fingerprint density at radius 3 is 2.38 bits per heavy atom. The molecule has 16 heavy (non-hydrogen) atoms. The van der Waals surface area contributed by atoms with Crippen LogP contribution in [0.1, 0.15) is 34.1 Å². The molecule has 0 unspecified atom stereocenters. The van der Waals surface area contributed by atoms with Crippen LogP contribution < -0.4 is 0 Å². The van der Waals surface area contributed by atoms with Gasteiger partial charge in [0.1, 0.15) is 0 Å². The molecule has 4 nitrogen and oxygen atoms in total. The second-order valence-electron chi connectivity index (χ2n) is 4.44. The van der Waals surface area contributed by atoms with E-state index in [9.17, 15) is 4.79 Å². The predicted molar refractivity (Wildman–Crippen MR) is 59.6 cm³/mol. The number of rotatable bonds is 4. The molecule has 1 fully saturated rings. The van der Waals surface area contributed by atoms with Gasteiger partial charge in [-0.3, -0.25) is 0 Å². The molecule has 1 rings (SSSR count). The van der Waals surface area contributed by atoms with Gasteiger partial charge in [-0.15, -0.1) is 0 Å². The van der Waals surface area contributed by atoms with Gasteiger partial charge in [0.25, 0.3) is 0 Å². The van der Waals surface area contributed by atoms with Crippen LogP contribution >= 0.6 is 0 Å². The van der Waals surface area contributed by atoms with Gasteiger partial charge in [-0.1, -0.05) is 19.4 Å². The van der Waals surface area contributed by atoms with Crippen LogP contribution in [-0.2, 0) is 19.0 Å². The Morgan fingerprint density at radius 2 is 1.88 bits per heavy atom. The summed E-state index contributed by atoms with van der Waals surface area (Å²) in [5.41, 5.74) is 1.70. The summed E-state index contributed by atoms with van der Waals surface area (Å²) in [7, 11) is 0. The zero-order valence-electron chi connectivity index (χ0n) is 10.4. The molecule has 0 aromatic rings. The van der Waals surface area contributed by atoms with E-state index in [4.69, 9.17) is 14.2 Å². The summed E-state index contributed by atoms with van der Waals surface area (Å²) in [6, 6.07) is 0. The Balaban J connectivity index is 2.51. The summed E-state index contributed by atoms with van der Waals surface area (Å²) in [6.45, 7) is 8.09. The number of ether oxygens (including phenoxy) is 3. The first-order chi connectivity index (χ1) is 7.50. The molecular weight excluding hydrogens is 208 g/mol. The van der Waals surface area contributed by atoms with Crippen molar-refractivity contribution in [1.82, 2.24) is 0 Å². The van der Waals surface area contributed by atoms with Gasteiger partial charge in [-0.2, -0.15) is 0 Å². The highest BCUT2D eigenvalue weighted by molar-refractivity contribution is 5.88. The van der Waals surface area contributed by atoms with Crippen LogP contribution in [-0.4, -0.2) is 25.7 Å². The molecule has 0 spiro atoms. The standard InChI is InChI=1S/C12H20O4/c1-8(2)7-9(3)10(4)11(13)16-12-14-5-6-15-12/h8,12H,5-7H2,1-4H3/b10-9+. The van der Waals surface area contributed by atoms with Crippen molar-refractivity contribution in [2.75, 3.05) is 13.2 Å². The van der Waals surface area contributed by atoms with E-state index in [-0.39, 0.29) is 5.97 Å². The molecular formula is C12H20O4. The van der Waals surface area contributed by atoms with Crippen LogP contribution in [0.25, 0.3) is 0 Å². The van der Waals surface area contributed by atoms with Crippen LogP contribution in [0.15, 0.2) is 11.1 Å². The fraction of sp³-hybridized carbons (Fsp3) is 0.750. The number of hydrogen-bond acceptors (Lipinski definition) is 4. The highest BCUT2D eigenvalue weighted by Crippen LogP contribution is 2.16. The highest BCUT2D eigenvalue weighted by atomic mass is 16.9. The van der Waals surface area contributed by atoms with Gasteiger partial charge in [0.15, 0.2) is 0 Å². The molecule has 0 aromatic heterocycles. The zero-order chi connectivity index (χ0) is 12.1. The van der Waals surface area contributed by atoms with Crippen molar-refractivity contribution in [3.8, 4) is 0 Å². The monoisotopic (exact) mass is 228 g/mol. The van der Waals surface area contributed by atoms with Crippen LogP contribution in [0.5, 0.6) is 0 Å². The zero-order valence-corrected chi connectivity index (χ0v) is 10.4. The smallest absolute Gasteiger partial charge is 0.337 e. The molecule has 0 aliphatic carbocycles. The van der Waals surface area contributed by atoms with Gasteiger partial charge in [0.2, 0.25) is 0 Å². The van der Waals surface area contributed by atoms with Crippen molar-refractivity contribution < 1.29 is 19.0 Å². The lowest BCUT2D eigenvalue weighted by atomic mass is 10.0. The number of allylic oxidation sites excluding steroid dienone is 1. The number of esters is 1. The maximum absolute atomic E-state index is 11.7. The van der Waals surface area contributed by atoms with Gasteiger partial charge in [0.05, 0.1) is 13.2 Å². The average molecular weight is 228 g/mol. The maximum Gasteiger partial charge on any atom is 0.337 e. The van der Waals surface area contributed by atoms with Crippen molar-refractivity contribution in [2.45, 2.75) is 40.6 Å². The van der Waals surface area contributed by atoms with Gasteiger partial charge in [-0.25, -0.2) is 4.79 Å². The minimum atomic E-state index is -0.825. The minimum absolute atomic E-state index is 0.356. The summed E-state index contributed by atoms with van der Waals surface area (Å²) in [5.74, 6) is 0.173. The molecule has 1 aliphatic rings. The van der Waals surface area contributed by atoms with Crippen LogP contribution in [0.3, 0.4) is 0 Å². The fourth-order valence-corrected chi connectivity index (χ4v) is 1.52. The van der Waals surface area contributed by atoms with E-state index in [1.54, 1.807) is 6.92 Å². The normalized spacial score (nSPS) is 18.8. The summed E-state index contributed by atoms with van der Waals surface area (Å²) < 4.78 is 15.1. The molecule has 0 atom stereocenters. The molecule has 0 bridgehead atoms. The van der Waals surface area contributed by atoms with E-state index in [0.717, 1.165) is 12.0 Å². The number of carbonyl (C=O) groups is 1. The summed E-state index contributed by atoms with van der Waals surface area (Å²) in [4.78, 5) is 11.7. The van der Waals surface area contributed by atoms with Crippen molar-refractivity contribution in [2.24, 2.45) is 5.92 Å². The molecule has 4 heteroatoms. The molecule has 92 valence electrons. The third-order valence-corrected chi connectivity index (χ3v) is 2.46. The van der Waals surface area contributed by atoms with Crippen LogP contribution in [0.2, 0.25) is 0 Å². The fourth-order valence-electron chi connectivity index (χ4n) is 1.52. The second kappa shape index (κ2) is 6.01. The van der Waals surface area contributed by atoms with Gasteiger partial charge >= 0.3 is 12.4 Å². The lowest BCUT2D eigenvalue weighted by Gasteiger charge is -2.13. The van der Waals surface area contributed by atoms with Crippen molar-refractivity contribution in [3.63, 3.8) is 0 Å².